The summed E-state index contributed by atoms with van der Waals surface area (Å²) in [6.07, 6.45) is -4.32. The van der Waals surface area contributed by atoms with E-state index in [-0.39, 0.29) is 5.56 Å². The molecule has 0 aliphatic rings. The van der Waals surface area contributed by atoms with Crippen LogP contribution in [-0.2, 0) is 6.18 Å². The predicted octanol–water partition coefficient (Wildman–Crippen LogP) is 2.32. The van der Waals surface area contributed by atoms with Crippen molar-refractivity contribution in [3.63, 3.8) is 0 Å². The standard InChI is InChI=1S/C9H11F3N2/c1-6-7(9(10,11)12)4-3-5-8(6)14(2)13/h3-5H,13H2,1-2H3. The molecule has 0 fully saturated rings. The Labute approximate surface area is 80.1 Å². The van der Waals surface area contributed by atoms with Crippen LogP contribution in [0.15, 0.2) is 18.2 Å². The summed E-state index contributed by atoms with van der Waals surface area (Å²) in [4.78, 5) is 0. The lowest BCUT2D eigenvalue weighted by molar-refractivity contribution is -0.138. The summed E-state index contributed by atoms with van der Waals surface area (Å²) < 4.78 is 37.3. The largest absolute Gasteiger partial charge is 0.416 e. The minimum Gasteiger partial charge on any atom is -0.314 e. The van der Waals surface area contributed by atoms with Crippen LogP contribution in [0.3, 0.4) is 0 Å². The molecule has 0 aliphatic heterocycles. The van der Waals surface area contributed by atoms with Crippen molar-refractivity contribution >= 4 is 5.69 Å². The number of hydrazine groups is 1. The topological polar surface area (TPSA) is 29.3 Å². The Morgan fingerprint density at radius 2 is 1.86 bits per heavy atom. The second-order valence-electron chi connectivity index (χ2n) is 3.06. The molecule has 0 bridgehead atoms. The number of rotatable bonds is 1. The molecule has 1 aromatic rings. The summed E-state index contributed by atoms with van der Waals surface area (Å²) in [5.74, 6) is 5.39. The fraction of sp³-hybridized carbons (Fsp3) is 0.333. The van der Waals surface area contributed by atoms with Gasteiger partial charge in [-0.2, -0.15) is 13.2 Å². The van der Waals surface area contributed by atoms with Crippen molar-refractivity contribution in [3.8, 4) is 0 Å². The molecule has 2 N–H and O–H groups in total. The Morgan fingerprint density at radius 1 is 1.29 bits per heavy atom. The van der Waals surface area contributed by atoms with Crippen molar-refractivity contribution in [2.24, 2.45) is 5.84 Å². The van der Waals surface area contributed by atoms with E-state index >= 15 is 0 Å². The summed E-state index contributed by atoms with van der Waals surface area (Å²) in [7, 11) is 1.50. The van der Waals surface area contributed by atoms with Crippen LogP contribution in [0.4, 0.5) is 18.9 Å². The van der Waals surface area contributed by atoms with Crippen molar-refractivity contribution in [2.45, 2.75) is 13.1 Å². The normalized spacial score (nSPS) is 11.6. The number of alkyl halides is 3. The van der Waals surface area contributed by atoms with Gasteiger partial charge >= 0.3 is 6.18 Å². The lowest BCUT2D eigenvalue weighted by atomic mass is 10.1. The maximum Gasteiger partial charge on any atom is 0.416 e. The molecule has 1 rings (SSSR count). The third-order valence-electron chi connectivity index (χ3n) is 1.99. The van der Waals surface area contributed by atoms with Crippen LogP contribution in [0.5, 0.6) is 0 Å². The van der Waals surface area contributed by atoms with E-state index in [0.29, 0.717) is 5.69 Å². The van der Waals surface area contributed by atoms with E-state index in [9.17, 15) is 13.2 Å². The van der Waals surface area contributed by atoms with Crippen LogP contribution in [0.25, 0.3) is 0 Å². The van der Waals surface area contributed by atoms with E-state index in [1.807, 2.05) is 0 Å². The number of halogens is 3. The average Bonchev–Trinajstić information content (AvgIpc) is 2.01. The van der Waals surface area contributed by atoms with Gasteiger partial charge in [0.1, 0.15) is 0 Å². The molecule has 0 atom stereocenters. The van der Waals surface area contributed by atoms with Gasteiger partial charge in [-0.1, -0.05) is 6.07 Å². The van der Waals surface area contributed by atoms with E-state index in [4.69, 9.17) is 5.84 Å². The van der Waals surface area contributed by atoms with Gasteiger partial charge in [0.2, 0.25) is 0 Å². The van der Waals surface area contributed by atoms with Crippen LogP contribution in [0.1, 0.15) is 11.1 Å². The van der Waals surface area contributed by atoms with Crippen molar-refractivity contribution in [1.29, 1.82) is 0 Å². The zero-order chi connectivity index (χ0) is 10.9. The molecule has 0 radical (unpaired) electrons. The first kappa shape index (κ1) is 10.8. The van der Waals surface area contributed by atoms with Crippen LogP contribution in [0.2, 0.25) is 0 Å². The van der Waals surface area contributed by atoms with E-state index in [1.54, 1.807) is 6.07 Å². The molecular formula is C9H11F3N2. The zero-order valence-corrected chi connectivity index (χ0v) is 7.89. The molecule has 2 nitrogen and oxygen atoms in total. The smallest absolute Gasteiger partial charge is 0.314 e. The SMILES string of the molecule is Cc1c(N(C)N)cccc1C(F)(F)F. The molecule has 0 saturated heterocycles. The van der Waals surface area contributed by atoms with Crippen molar-refractivity contribution in [2.75, 3.05) is 12.1 Å². The van der Waals surface area contributed by atoms with Gasteiger partial charge in [-0.25, -0.2) is 5.84 Å². The van der Waals surface area contributed by atoms with Gasteiger partial charge in [0.15, 0.2) is 0 Å². The highest BCUT2D eigenvalue weighted by atomic mass is 19.4. The van der Waals surface area contributed by atoms with Crippen molar-refractivity contribution < 1.29 is 13.2 Å². The maximum absolute atomic E-state index is 12.4. The first-order valence-electron chi connectivity index (χ1n) is 3.99. The number of nitrogens with two attached hydrogens (primary N) is 1. The Bertz CT molecular complexity index is 331. The molecule has 0 aliphatic carbocycles. The number of anilines is 1. The Morgan fingerprint density at radius 3 is 2.29 bits per heavy atom. The summed E-state index contributed by atoms with van der Waals surface area (Å²) >= 11 is 0. The molecular weight excluding hydrogens is 193 g/mol. The van der Waals surface area contributed by atoms with E-state index in [2.05, 4.69) is 0 Å². The number of benzene rings is 1. The van der Waals surface area contributed by atoms with Crippen molar-refractivity contribution in [3.05, 3.63) is 29.3 Å². The average molecular weight is 204 g/mol. The van der Waals surface area contributed by atoms with Gasteiger partial charge < -0.3 is 5.01 Å². The van der Waals surface area contributed by atoms with E-state index in [1.165, 1.54) is 25.0 Å². The fourth-order valence-electron chi connectivity index (χ4n) is 1.31. The van der Waals surface area contributed by atoms with Gasteiger partial charge in [0.05, 0.1) is 11.3 Å². The third kappa shape index (κ3) is 1.98. The summed E-state index contributed by atoms with van der Waals surface area (Å²) in [6.45, 7) is 1.40. The highest BCUT2D eigenvalue weighted by Gasteiger charge is 2.33. The highest BCUT2D eigenvalue weighted by molar-refractivity contribution is 5.55. The third-order valence-corrected chi connectivity index (χ3v) is 1.99. The first-order valence-corrected chi connectivity index (χ1v) is 3.99. The highest BCUT2D eigenvalue weighted by Crippen LogP contribution is 2.34. The lowest BCUT2D eigenvalue weighted by Gasteiger charge is -2.18. The summed E-state index contributed by atoms with van der Waals surface area (Å²) in [5, 5.41) is 1.17. The number of nitrogens with zero attached hydrogens (tertiary/aromatic N) is 1. The Hall–Kier alpha value is -1.23. The monoisotopic (exact) mass is 204 g/mol. The second kappa shape index (κ2) is 3.49. The molecule has 0 saturated carbocycles. The molecule has 5 heteroatoms. The molecule has 0 heterocycles. The van der Waals surface area contributed by atoms with Gasteiger partial charge in [0, 0.05) is 7.05 Å². The number of hydrogen-bond donors (Lipinski definition) is 1. The minimum absolute atomic E-state index is 0.144. The Balaban J connectivity index is 3.28. The van der Waals surface area contributed by atoms with Gasteiger partial charge in [0.25, 0.3) is 0 Å². The molecule has 0 amide bonds. The Kier molecular flexibility index (Phi) is 2.71. The molecule has 0 spiro atoms. The van der Waals surface area contributed by atoms with Crippen LogP contribution in [-0.4, -0.2) is 7.05 Å². The molecule has 0 aromatic heterocycles. The first-order chi connectivity index (χ1) is 6.34. The zero-order valence-electron chi connectivity index (χ0n) is 7.89. The maximum atomic E-state index is 12.4. The summed E-state index contributed by atoms with van der Waals surface area (Å²) in [6, 6.07) is 3.93. The minimum atomic E-state index is -4.32. The van der Waals surface area contributed by atoms with Gasteiger partial charge in [-0.3, -0.25) is 0 Å². The van der Waals surface area contributed by atoms with Crippen LogP contribution in [0, 0.1) is 6.92 Å². The molecule has 1 aromatic carbocycles. The lowest BCUT2D eigenvalue weighted by Crippen LogP contribution is -2.26. The van der Waals surface area contributed by atoms with Gasteiger partial charge in [-0.15, -0.1) is 0 Å². The van der Waals surface area contributed by atoms with E-state index < -0.39 is 11.7 Å². The summed E-state index contributed by atoms with van der Waals surface area (Å²) in [5.41, 5.74) is -0.128. The molecule has 0 unspecified atom stereocenters. The second-order valence-corrected chi connectivity index (χ2v) is 3.06. The quantitative estimate of drug-likeness (QED) is 0.562. The van der Waals surface area contributed by atoms with Gasteiger partial charge in [-0.05, 0) is 24.6 Å². The van der Waals surface area contributed by atoms with Crippen LogP contribution < -0.4 is 10.9 Å². The predicted molar refractivity (Wildman–Crippen MR) is 48.8 cm³/mol. The molecule has 14 heavy (non-hydrogen) atoms. The van der Waals surface area contributed by atoms with Crippen LogP contribution >= 0.6 is 0 Å². The van der Waals surface area contributed by atoms with E-state index in [0.717, 1.165) is 6.07 Å². The fourth-order valence-corrected chi connectivity index (χ4v) is 1.31. The molecule has 78 valence electrons. The number of hydrogen-bond acceptors (Lipinski definition) is 2. The van der Waals surface area contributed by atoms with Crippen molar-refractivity contribution in [1.82, 2.24) is 0 Å².